The summed E-state index contributed by atoms with van der Waals surface area (Å²) in [7, 11) is 0. The Kier molecular flexibility index (Phi) is 5.70. The average Bonchev–Trinajstić information content (AvgIpc) is 2.50. The lowest BCUT2D eigenvalue weighted by atomic mass is 10.1. The minimum Gasteiger partial charge on any atom is -0.358 e. The summed E-state index contributed by atoms with van der Waals surface area (Å²) in [5.74, 6) is 0. The number of fused-ring (bicyclic) bond motifs is 1. The van der Waals surface area contributed by atoms with E-state index in [1.54, 1.807) is 6.92 Å². The Morgan fingerprint density at radius 3 is 2.29 bits per heavy atom. The lowest BCUT2D eigenvalue weighted by Crippen LogP contribution is -2.29. The van der Waals surface area contributed by atoms with E-state index in [1.807, 2.05) is 0 Å². The molecule has 0 aliphatic rings. The number of aromatic amines is 1. The Labute approximate surface area is 139 Å². The number of nitrogens with one attached hydrogen (secondary N) is 1. The third-order valence-electron chi connectivity index (χ3n) is 4.10. The average molecular weight is 340 g/mol. The Morgan fingerprint density at radius 2 is 1.75 bits per heavy atom. The van der Waals surface area contributed by atoms with E-state index in [0.717, 1.165) is 38.1 Å². The van der Waals surface area contributed by atoms with Gasteiger partial charge in [0.2, 0.25) is 0 Å². The van der Waals surface area contributed by atoms with E-state index in [0.29, 0.717) is 23.2 Å². The summed E-state index contributed by atoms with van der Waals surface area (Å²) in [6.45, 7) is 8.19. The van der Waals surface area contributed by atoms with Gasteiger partial charge in [-0.05, 0) is 51.1 Å². The third-order valence-corrected chi connectivity index (χ3v) is 4.10. The van der Waals surface area contributed by atoms with Gasteiger partial charge in [-0.2, -0.15) is 13.2 Å². The lowest BCUT2D eigenvalue weighted by Gasteiger charge is -2.22. The smallest absolute Gasteiger partial charge is 0.358 e. The molecule has 0 aliphatic carbocycles. The predicted octanol–water partition coefficient (Wildman–Crippen LogP) is 4.48. The minimum atomic E-state index is -4.42. The molecule has 1 N–H and O–H groups in total. The van der Waals surface area contributed by atoms with Gasteiger partial charge in [0.1, 0.15) is 0 Å². The second-order valence-corrected chi connectivity index (χ2v) is 6.09. The van der Waals surface area contributed by atoms with E-state index >= 15 is 0 Å². The van der Waals surface area contributed by atoms with Crippen molar-refractivity contribution in [1.29, 1.82) is 0 Å². The Bertz CT molecular complexity index is 759. The van der Waals surface area contributed by atoms with Gasteiger partial charge in [-0.3, -0.25) is 9.69 Å². The van der Waals surface area contributed by atoms with E-state index in [9.17, 15) is 18.0 Å². The van der Waals surface area contributed by atoms with Gasteiger partial charge < -0.3 is 4.98 Å². The molecule has 0 aliphatic heterocycles. The minimum absolute atomic E-state index is 0.188. The topological polar surface area (TPSA) is 36.1 Å². The van der Waals surface area contributed by atoms with Crippen LogP contribution < -0.4 is 5.43 Å². The molecule has 0 radical (unpaired) electrons. The van der Waals surface area contributed by atoms with Crippen LogP contribution in [-0.4, -0.2) is 23.0 Å². The van der Waals surface area contributed by atoms with Crippen molar-refractivity contribution >= 4 is 10.9 Å². The molecular weight excluding hydrogens is 317 g/mol. The van der Waals surface area contributed by atoms with Crippen LogP contribution in [0.1, 0.15) is 43.5 Å². The zero-order valence-corrected chi connectivity index (χ0v) is 14.3. The van der Waals surface area contributed by atoms with Crippen LogP contribution in [-0.2, 0) is 12.7 Å². The summed E-state index contributed by atoms with van der Waals surface area (Å²) in [6.07, 6.45) is -2.45. The highest BCUT2D eigenvalue weighted by atomic mass is 19.4. The lowest BCUT2D eigenvalue weighted by molar-refractivity contribution is -0.137. The van der Waals surface area contributed by atoms with Gasteiger partial charge in [-0.1, -0.05) is 13.8 Å². The second kappa shape index (κ2) is 7.38. The van der Waals surface area contributed by atoms with Gasteiger partial charge in [0.25, 0.3) is 0 Å². The molecule has 1 heterocycles. The van der Waals surface area contributed by atoms with E-state index in [2.05, 4.69) is 23.7 Å². The van der Waals surface area contributed by atoms with Crippen molar-refractivity contribution in [2.75, 3.05) is 13.1 Å². The maximum Gasteiger partial charge on any atom is 0.416 e. The van der Waals surface area contributed by atoms with Gasteiger partial charge in [0, 0.05) is 23.2 Å². The van der Waals surface area contributed by atoms with Crippen LogP contribution in [0.2, 0.25) is 0 Å². The zero-order chi connectivity index (χ0) is 17.9. The number of nitrogens with zero attached hydrogens (tertiary/aromatic N) is 1. The highest BCUT2D eigenvalue weighted by Gasteiger charge is 2.30. The van der Waals surface area contributed by atoms with Gasteiger partial charge in [0.15, 0.2) is 5.43 Å². The zero-order valence-electron chi connectivity index (χ0n) is 14.3. The van der Waals surface area contributed by atoms with E-state index in [-0.39, 0.29) is 10.9 Å². The number of aromatic nitrogens is 1. The molecule has 132 valence electrons. The van der Waals surface area contributed by atoms with Crippen LogP contribution in [0.5, 0.6) is 0 Å². The first-order chi connectivity index (χ1) is 11.3. The van der Waals surface area contributed by atoms with Crippen molar-refractivity contribution in [3.8, 4) is 0 Å². The van der Waals surface area contributed by atoms with Gasteiger partial charge >= 0.3 is 6.18 Å². The van der Waals surface area contributed by atoms with Gasteiger partial charge in [-0.25, -0.2) is 0 Å². The molecule has 0 fully saturated rings. The molecular formula is C18H23F3N2O. The number of aryl methyl sites for hydroxylation is 1. The summed E-state index contributed by atoms with van der Waals surface area (Å²) in [5, 5.41) is 0.302. The summed E-state index contributed by atoms with van der Waals surface area (Å²) < 4.78 is 38.5. The van der Waals surface area contributed by atoms with Crippen molar-refractivity contribution in [1.82, 2.24) is 9.88 Å². The van der Waals surface area contributed by atoms with Crippen molar-refractivity contribution in [3.05, 3.63) is 45.2 Å². The number of benzene rings is 1. The first-order valence-corrected chi connectivity index (χ1v) is 8.23. The van der Waals surface area contributed by atoms with Gasteiger partial charge in [0.05, 0.1) is 11.1 Å². The Hall–Kier alpha value is -1.82. The molecule has 0 saturated heterocycles. The highest BCUT2D eigenvalue weighted by Crippen LogP contribution is 2.30. The maximum atomic E-state index is 12.8. The number of hydrogen-bond acceptors (Lipinski definition) is 2. The number of halogens is 3. The van der Waals surface area contributed by atoms with Crippen LogP contribution in [0.3, 0.4) is 0 Å². The molecule has 0 spiro atoms. The molecule has 0 bridgehead atoms. The molecule has 2 rings (SSSR count). The van der Waals surface area contributed by atoms with E-state index in [4.69, 9.17) is 0 Å². The van der Waals surface area contributed by atoms with Crippen LogP contribution in [0.4, 0.5) is 13.2 Å². The molecule has 1 aromatic heterocycles. The summed E-state index contributed by atoms with van der Waals surface area (Å²) in [4.78, 5) is 17.9. The maximum absolute atomic E-state index is 12.8. The van der Waals surface area contributed by atoms with E-state index in [1.165, 1.54) is 6.07 Å². The molecule has 1 aromatic carbocycles. The van der Waals surface area contributed by atoms with Crippen molar-refractivity contribution in [3.63, 3.8) is 0 Å². The molecule has 0 amide bonds. The number of H-pyrrole nitrogens is 1. The SMILES string of the molecule is CCCN(CCC)Cc1c(C)[nH]c2cc(C(F)(F)F)ccc2c1=O. The van der Waals surface area contributed by atoms with Gasteiger partial charge in [-0.15, -0.1) is 0 Å². The van der Waals surface area contributed by atoms with Crippen molar-refractivity contribution < 1.29 is 13.2 Å². The summed E-state index contributed by atoms with van der Waals surface area (Å²) in [5.41, 5.74) is 0.547. The van der Waals surface area contributed by atoms with E-state index < -0.39 is 11.7 Å². The quantitative estimate of drug-likeness (QED) is 0.842. The molecule has 3 nitrogen and oxygen atoms in total. The number of pyridine rings is 1. The molecule has 6 heteroatoms. The van der Waals surface area contributed by atoms with Crippen molar-refractivity contribution in [2.24, 2.45) is 0 Å². The Morgan fingerprint density at radius 1 is 1.12 bits per heavy atom. The summed E-state index contributed by atoms with van der Waals surface area (Å²) >= 11 is 0. The molecule has 0 saturated carbocycles. The summed E-state index contributed by atoms with van der Waals surface area (Å²) in [6, 6.07) is 3.24. The molecule has 0 unspecified atom stereocenters. The molecule has 24 heavy (non-hydrogen) atoms. The second-order valence-electron chi connectivity index (χ2n) is 6.09. The van der Waals surface area contributed by atoms with Crippen LogP contribution in [0.25, 0.3) is 10.9 Å². The van der Waals surface area contributed by atoms with Crippen LogP contribution in [0, 0.1) is 6.92 Å². The first kappa shape index (κ1) is 18.5. The molecule has 0 atom stereocenters. The largest absolute Gasteiger partial charge is 0.416 e. The number of hydrogen-bond donors (Lipinski definition) is 1. The third kappa shape index (κ3) is 3.98. The van der Waals surface area contributed by atoms with Crippen LogP contribution in [0.15, 0.2) is 23.0 Å². The number of alkyl halides is 3. The monoisotopic (exact) mass is 340 g/mol. The van der Waals surface area contributed by atoms with Crippen LogP contribution >= 0.6 is 0 Å². The fourth-order valence-electron chi connectivity index (χ4n) is 2.95. The molecule has 2 aromatic rings. The normalized spacial score (nSPS) is 12.3. The number of rotatable bonds is 6. The fourth-order valence-corrected chi connectivity index (χ4v) is 2.95. The highest BCUT2D eigenvalue weighted by molar-refractivity contribution is 5.80. The standard InChI is InChI=1S/C18H23F3N2O/c1-4-8-23(9-5-2)11-15-12(3)22-16-10-13(18(19,20)21)6-7-14(16)17(15)24/h6-7,10H,4-5,8-9,11H2,1-3H3,(H,22,24). The fraction of sp³-hybridized carbons (Fsp3) is 0.500. The Balaban J connectivity index is 2.48. The predicted molar refractivity (Wildman–Crippen MR) is 90.2 cm³/mol. The van der Waals surface area contributed by atoms with Crippen molar-refractivity contribution in [2.45, 2.75) is 46.3 Å². The first-order valence-electron chi connectivity index (χ1n) is 8.23.